The summed E-state index contributed by atoms with van der Waals surface area (Å²) in [6, 6.07) is 9.48. The fourth-order valence-electron chi connectivity index (χ4n) is 3.35. The molecule has 0 radical (unpaired) electrons. The largest absolute Gasteiger partial charge is 0.377 e. The average Bonchev–Trinajstić information content (AvgIpc) is 3.16. The number of aromatic nitrogens is 3. The first-order valence-corrected chi connectivity index (χ1v) is 10.5. The highest BCUT2D eigenvalue weighted by Crippen LogP contribution is 2.13. The van der Waals surface area contributed by atoms with Gasteiger partial charge in [0.25, 0.3) is 5.91 Å². The summed E-state index contributed by atoms with van der Waals surface area (Å²) in [6.45, 7) is 5.24. The van der Waals surface area contributed by atoms with E-state index in [1.165, 1.54) is 0 Å². The number of aryl methyl sites for hydroxylation is 1. The van der Waals surface area contributed by atoms with Gasteiger partial charge in [0, 0.05) is 44.8 Å². The number of hydrogen-bond acceptors (Lipinski definition) is 5. The van der Waals surface area contributed by atoms with Gasteiger partial charge in [-0.3, -0.25) is 9.79 Å². The normalized spacial score (nSPS) is 15.5. The second-order valence-electron chi connectivity index (χ2n) is 7.18. The lowest BCUT2D eigenvalue weighted by atomic mass is 10.1. The monoisotopic (exact) mass is 541 g/mol. The Kier molecular flexibility index (Phi) is 10.7. The van der Waals surface area contributed by atoms with Crippen molar-refractivity contribution < 1.29 is 9.53 Å². The number of guanidine groups is 1. The topological polar surface area (TPSA) is 105 Å². The third-order valence-electron chi connectivity index (χ3n) is 4.79. The number of benzene rings is 1. The molecule has 0 saturated heterocycles. The van der Waals surface area contributed by atoms with Crippen molar-refractivity contribution in [3.8, 4) is 0 Å². The van der Waals surface area contributed by atoms with Crippen molar-refractivity contribution >= 4 is 35.8 Å². The Balaban J connectivity index is 0.00000341. The van der Waals surface area contributed by atoms with Gasteiger partial charge in [-0.05, 0) is 31.9 Å². The molecule has 9 nitrogen and oxygen atoms in total. The molecule has 0 fully saturated rings. The van der Waals surface area contributed by atoms with E-state index in [1.54, 1.807) is 7.11 Å². The van der Waals surface area contributed by atoms with Crippen molar-refractivity contribution in [3.63, 3.8) is 0 Å². The molecule has 3 N–H and O–H groups in total. The Morgan fingerprint density at radius 1 is 1.29 bits per heavy atom. The summed E-state index contributed by atoms with van der Waals surface area (Å²) in [4.78, 5) is 21.2. The second-order valence-corrected chi connectivity index (χ2v) is 7.18. The highest BCUT2D eigenvalue weighted by Gasteiger charge is 2.22. The zero-order valence-electron chi connectivity index (χ0n) is 18.1. The molecule has 0 bridgehead atoms. The standard InChI is InChI=1S/C21H31N7O2.HI/c1-3-22-21(24-13-7-12-23-20(29)16-8-5-4-6-9-16)25-17-10-11-19-26-18(15-30-2)27-28(19)14-17;/h4-6,8-9,17H,3,7,10-15H2,1-2H3,(H,23,29)(H2,22,24,25);1H. The molecule has 0 saturated carbocycles. The molecule has 0 spiro atoms. The van der Waals surface area contributed by atoms with Crippen molar-refractivity contribution in [2.75, 3.05) is 26.7 Å². The fraction of sp³-hybridized carbons (Fsp3) is 0.524. The molecule has 1 aliphatic rings. The number of nitrogens with one attached hydrogen (secondary N) is 3. The maximum atomic E-state index is 12.1. The number of halogens is 1. The zero-order valence-corrected chi connectivity index (χ0v) is 20.5. The van der Waals surface area contributed by atoms with Crippen LogP contribution in [0.25, 0.3) is 0 Å². The van der Waals surface area contributed by atoms with Gasteiger partial charge in [-0.15, -0.1) is 24.0 Å². The van der Waals surface area contributed by atoms with Gasteiger partial charge >= 0.3 is 0 Å². The molecule has 1 amide bonds. The lowest BCUT2D eigenvalue weighted by Gasteiger charge is -2.25. The molecule has 170 valence electrons. The van der Waals surface area contributed by atoms with Gasteiger partial charge in [-0.25, -0.2) is 9.67 Å². The summed E-state index contributed by atoms with van der Waals surface area (Å²) in [6.07, 6.45) is 2.62. The van der Waals surface area contributed by atoms with Crippen LogP contribution in [-0.4, -0.2) is 59.4 Å². The zero-order chi connectivity index (χ0) is 21.2. The van der Waals surface area contributed by atoms with Gasteiger partial charge in [-0.2, -0.15) is 5.10 Å². The van der Waals surface area contributed by atoms with Crippen LogP contribution in [0.2, 0.25) is 0 Å². The van der Waals surface area contributed by atoms with Gasteiger partial charge in [0.15, 0.2) is 11.8 Å². The lowest BCUT2D eigenvalue weighted by molar-refractivity contribution is 0.0953. The minimum atomic E-state index is -0.0525. The molecule has 1 aromatic carbocycles. The molecule has 1 atom stereocenters. The van der Waals surface area contributed by atoms with Crippen LogP contribution in [0.1, 0.15) is 41.8 Å². The molecule has 1 aliphatic heterocycles. The SMILES string of the molecule is CCNC(=NCCCNC(=O)c1ccccc1)NC1CCc2nc(COC)nn2C1.I. The number of aliphatic imine (C=N–C) groups is 1. The van der Waals surface area contributed by atoms with Gasteiger partial charge in [0.2, 0.25) is 0 Å². The van der Waals surface area contributed by atoms with Crippen LogP contribution in [0.5, 0.6) is 0 Å². The second kappa shape index (κ2) is 13.3. The third kappa shape index (κ3) is 7.76. The Hall–Kier alpha value is -2.21. The van der Waals surface area contributed by atoms with Crippen LogP contribution < -0.4 is 16.0 Å². The summed E-state index contributed by atoms with van der Waals surface area (Å²) < 4.78 is 7.08. The Labute approximate surface area is 200 Å². The first-order valence-electron chi connectivity index (χ1n) is 10.5. The first kappa shape index (κ1) is 25.1. The van der Waals surface area contributed by atoms with Crippen molar-refractivity contribution in [3.05, 3.63) is 47.5 Å². The summed E-state index contributed by atoms with van der Waals surface area (Å²) in [5, 5.41) is 14.2. The van der Waals surface area contributed by atoms with Gasteiger partial charge < -0.3 is 20.7 Å². The number of carbonyl (C=O) groups excluding carboxylic acids is 1. The minimum Gasteiger partial charge on any atom is -0.377 e. The molecule has 3 rings (SSSR count). The van der Waals surface area contributed by atoms with Crippen LogP contribution in [0.3, 0.4) is 0 Å². The molecule has 31 heavy (non-hydrogen) atoms. The fourth-order valence-corrected chi connectivity index (χ4v) is 3.35. The minimum absolute atomic E-state index is 0. The summed E-state index contributed by atoms with van der Waals surface area (Å²) in [7, 11) is 1.65. The molecule has 1 aromatic heterocycles. The van der Waals surface area contributed by atoms with Gasteiger partial charge in [-0.1, -0.05) is 18.2 Å². The van der Waals surface area contributed by atoms with Gasteiger partial charge in [0.05, 0.1) is 6.54 Å². The predicted molar refractivity (Wildman–Crippen MR) is 131 cm³/mol. The maximum Gasteiger partial charge on any atom is 0.251 e. The van der Waals surface area contributed by atoms with E-state index in [-0.39, 0.29) is 35.9 Å². The van der Waals surface area contributed by atoms with Crippen molar-refractivity contribution in [2.24, 2.45) is 4.99 Å². The number of fused-ring (bicyclic) bond motifs is 1. The van der Waals surface area contributed by atoms with E-state index in [0.717, 1.165) is 50.0 Å². The number of nitrogens with zero attached hydrogens (tertiary/aromatic N) is 4. The van der Waals surface area contributed by atoms with Crippen molar-refractivity contribution in [1.82, 2.24) is 30.7 Å². The van der Waals surface area contributed by atoms with Crippen LogP contribution in [0.15, 0.2) is 35.3 Å². The van der Waals surface area contributed by atoms with E-state index >= 15 is 0 Å². The number of amides is 1. The molecular weight excluding hydrogens is 509 g/mol. The van der Waals surface area contributed by atoms with E-state index in [9.17, 15) is 4.79 Å². The highest BCUT2D eigenvalue weighted by atomic mass is 127. The molecule has 2 heterocycles. The van der Waals surface area contributed by atoms with E-state index < -0.39 is 0 Å². The molecule has 0 aliphatic carbocycles. The van der Waals surface area contributed by atoms with Crippen LogP contribution in [0.4, 0.5) is 0 Å². The van der Waals surface area contributed by atoms with E-state index in [4.69, 9.17) is 4.74 Å². The number of carbonyl (C=O) groups is 1. The third-order valence-corrected chi connectivity index (χ3v) is 4.79. The van der Waals surface area contributed by atoms with Crippen molar-refractivity contribution in [2.45, 2.75) is 45.4 Å². The number of hydrogen-bond donors (Lipinski definition) is 3. The summed E-state index contributed by atoms with van der Waals surface area (Å²) >= 11 is 0. The Bertz CT molecular complexity index is 842. The molecule has 2 aromatic rings. The van der Waals surface area contributed by atoms with E-state index in [1.807, 2.05) is 41.9 Å². The van der Waals surface area contributed by atoms with E-state index in [2.05, 4.69) is 31.0 Å². The highest BCUT2D eigenvalue weighted by molar-refractivity contribution is 14.0. The lowest BCUT2D eigenvalue weighted by Crippen LogP contribution is -2.47. The summed E-state index contributed by atoms with van der Waals surface area (Å²) in [5.74, 6) is 2.48. The summed E-state index contributed by atoms with van der Waals surface area (Å²) in [5.41, 5.74) is 0.675. The predicted octanol–water partition coefficient (Wildman–Crippen LogP) is 1.73. The smallest absolute Gasteiger partial charge is 0.251 e. The number of methoxy groups -OCH3 is 1. The molecular formula is C21H32IN7O2. The van der Waals surface area contributed by atoms with Gasteiger partial charge in [0.1, 0.15) is 12.4 Å². The molecule has 10 heteroatoms. The van der Waals surface area contributed by atoms with E-state index in [0.29, 0.717) is 25.3 Å². The first-order chi connectivity index (χ1) is 14.7. The van der Waals surface area contributed by atoms with Crippen molar-refractivity contribution in [1.29, 1.82) is 0 Å². The maximum absolute atomic E-state index is 12.1. The average molecular weight is 541 g/mol. The molecule has 1 unspecified atom stereocenters. The Morgan fingerprint density at radius 2 is 2.10 bits per heavy atom. The van der Waals surface area contributed by atoms with Crippen LogP contribution in [-0.2, 0) is 24.3 Å². The van der Waals surface area contributed by atoms with Crippen LogP contribution >= 0.6 is 24.0 Å². The van der Waals surface area contributed by atoms with Crippen LogP contribution in [0, 0.1) is 0 Å². The quantitative estimate of drug-likeness (QED) is 0.193. The number of rotatable bonds is 9. The Morgan fingerprint density at radius 3 is 2.84 bits per heavy atom. The number of ether oxygens (including phenoxy) is 1.